The SMILES string of the molecule is COc1ccccc1Cn1ccc2c1CCCC2N. The second-order valence-electron chi connectivity index (χ2n) is 5.16. The van der Waals surface area contributed by atoms with E-state index in [1.807, 2.05) is 12.1 Å². The Morgan fingerprint density at radius 1 is 1.32 bits per heavy atom. The first kappa shape index (κ1) is 12.3. The van der Waals surface area contributed by atoms with Crippen molar-refractivity contribution >= 4 is 0 Å². The molecule has 0 bridgehead atoms. The number of aromatic nitrogens is 1. The molecule has 3 heteroatoms. The third kappa shape index (κ3) is 2.26. The van der Waals surface area contributed by atoms with Gasteiger partial charge in [-0.1, -0.05) is 18.2 Å². The van der Waals surface area contributed by atoms with Crippen LogP contribution in [0.5, 0.6) is 5.75 Å². The second kappa shape index (κ2) is 5.10. The van der Waals surface area contributed by atoms with E-state index in [1.54, 1.807) is 7.11 Å². The van der Waals surface area contributed by atoms with Gasteiger partial charge in [-0.25, -0.2) is 0 Å². The average molecular weight is 256 g/mol. The smallest absolute Gasteiger partial charge is 0.123 e. The summed E-state index contributed by atoms with van der Waals surface area (Å²) in [6.45, 7) is 0.853. The Balaban J connectivity index is 1.92. The molecule has 100 valence electrons. The molecule has 3 nitrogen and oxygen atoms in total. The summed E-state index contributed by atoms with van der Waals surface area (Å²) < 4.78 is 7.73. The molecule has 1 atom stereocenters. The maximum atomic E-state index is 6.17. The predicted molar refractivity (Wildman–Crippen MR) is 76.4 cm³/mol. The number of para-hydroxylation sites is 1. The minimum absolute atomic E-state index is 0.211. The summed E-state index contributed by atoms with van der Waals surface area (Å²) in [5.74, 6) is 0.949. The molecule has 0 aliphatic heterocycles. The van der Waals surface area contributed by atoms with Crippen molar-refractivity contribution in [2.75, 3.05) is 7.11 Å². The number of nitrogens with zero attached hydrogens (tertiary/aromatic N) is 1. The van der Waals surface area contributed by atoms with E-state index in [2.05, 4.69) is 29.0 Å². The molecule has 0 saturated heterocycles. The Hall–Kier alpha value is -1.74. The van der Waals surface area contributed by atoms with Gasteiger partial charge in [0.25, 0.3) is 0 Å². The molecule has 3 rings (SSSR count). The molecule has 2 aromatic rings. The second-order valence-corrected chi connectivity index (χ2v) is 5.16. The van der Waals surface area contributed by atoms with Crippen molar-refractivity contribution in [1.29, 1.82) is 0 Å². The number of benzene rings is 1. The maximum Gasteiger partial charge on any atom is 0.123 e. The summed E-state index contributed by atoms with van der Waals surface area (Å²) >= 11 is 0. The fraction of sp³-hybridized carbons (Fsp3) is 0.375. The van der Waals surface area contributed by atoms with E-state index in [1.165, 1.54) is 23.2 Å². The highest BCUT2D eigenvalue weighted by Gasteiger charge is 2.20. The topological polar surface area (TPSA) is 40.2 Å². The van der Waals surface area contributed by atoms with Crippen LogP contribution in [-0.2, 0) is 13.0 Å². The molecule has 19 heavy (non-hydrogen) atoms. The van der Waals surface area contributed by atoms with Gasteiger partial charge >= 0.3 is 0 Å². The highest BCUT2D eigenvalue weighted by atomic mass is 16.5. The third-order valence-corrected chi connectivity index (χ3v) is 3.98. The molecule has 0 radical (unpaired) electrons. The number of hydrogen-bond donors (Lipinski definition) is 1. The quantitative estimate of drug-likeness (QED) is 0.917. The molecule has 0 fully saturated rings. The van der Waals surface area contributed by atoms with Crippen molar-refractivity contribution in [2.45, 2.75) is 31.8 Å². The molecule has 0 saturated carbocycles. The Morgan fingerprint density at radius 3 is 3.00 bits per heavy atom. The van der Waals surface area contributed by atoms with Crippen LogP contribution in [0.1, 0.15) is 35.7 Å². The first-order chi connectivity index (χ1) is 9.29. The Bertz CT molecular complexity index is 574. The zero-order chi connectivity index (χ0) is 13.2. The molecule has 1 aliphatic rings. The number of rotatable bonds is 3. The lowest BCUT2D eigenvalue weighted by Gasteiger charge is -2.21. The van der Waals surface area contributed by atoms with Crippen molar-refractivity contribution in [3.63, 3.8) is 0 Å². The van der Waals surface area contributed by atoms with Gasteiger partial charge in [0.05, 0.1) is 13.7 Å². The van der Waals surface area contributed by atoms with Crippen LogP contribution < -0.4 is 10.5 Å². The van der Waals surface area contributed by atoms with Gasteiger partial charge in [0.15, 0.2) is 0 Å². The molecule has 1 aromatic carbocycles. The molecule has 2 N–H and O–H groups in total. The Kier molecular flexibility index (Phi) is 3.30. The van der Waals surface area contributed by atoms with E-state index in [-0.39, 0.29) is 6.04 Å². The molecule has 1 unspecified atom stereocenters. The third-order valence-electron chi connectivity index (χ3n) is 3.98. The van der Waals surface area contributed by atoms with Crippen LogP contribution >= 0.6 is 0 Å². The summed E-state index contributed by atoms with van der Waals surface area (Å²) in [5.41, 5.74) is 10.1. The predicted octanol–water partition coefficient (Wildman–Crippen LogP) is 2.88. The van der Waals surface area contributed by atoms with E-state index < -0.39 is 0 Å². The fourth-order valence-corrected chi connectivity index (χ4v) is 2.96. The summed E-state index contributed by atoms with van der Waals surface area (Å²) in [6.07, 6.45) is 5.57. The van der Waals surface area contributed by atoms with Crippen LogP contribution in [0.2, 0.25) is 0 Å². The Labute approximate surface area is 114 Å². The van der Waals surface area contributed by atoms with E-state index >= 15 is 0 Å². The molecule has 0 amide bonds. The van der Waals surface area contributed by atoms with Gasteiger partial charge < -0.3 is 15.0 Å². The van der Waals surface area contributed by atoms with Crippen LogP contribution in [0.15, 0.2) is 36.5 Å². The number of ether oxygens (including phenoxy) is 1. The number of fused-ring (bicyclic) bond motifs is 1. The van der Waals surface area contributed by atoms with Crippen LogP contribution in [0.4, 0.5) is 0 Å². The van der Waals surface area contributed by atoms with Crippen LogP contribution in [0.3, 0.4) is 0 Å². The van der Waals surface area contributed by atoms with Crippen LogP contribution in [0.25, 0.3) is 0 Å². The fourth-order valence-electron chi connectivity index (χ4n) is 2.96. The molecular weight excluding hydrogens is 236 g/mol. The average Bonchev–Trinajstić information content (AvgIpc) is 2.84. The number of nitrogens with two attached hydrogens (primary N) is 1. The lowest BCUT2D eigenvalue weighted by Crippen LogP contribution is -2.18. The summed E-state index contributed by atoms with van der Waals surface area (Å²) in [6, 6.07) is 10.6. The monoisotopic (exact) mass is 256 g/mol. The number of methoxy groups -OCH3 is 1. The normalized spacial score (nSPS) is 18.1. The van der Waals surface area contributed by atoms with E-state index in [9.17, 15) is 0 Å². The van der Waals surface area contributed by atoms with Crippen molar-refractivity contribution in [2.24, 2.45) is 5.73 Å². The highest BCUT2D eigenvalue weighted by Crippen LogP contribution is 2.30. The van der Waals surface area contributed by atoms with Crippen molar-refractivity contribution < 1.29 is 4.74 Å². The van der Waals surface area contributed by atoms with Gasteiger partial charge in [0.2, 0.25) is 0 Å². The van der Waals surface area contributed by atoms with Crippen molar-refractivity contribution in [1.82, 2.24) is 4.57 Å². The largest absolute Gasteiger partial charge is 0.496 e. The minimum atomic E-state index is 0.211. The standard InChI is InChI=1S/C16H20N2O/c1-19-16-8-3-2-5-12(16)11-18-10-9-13-14(17)6-4-7-15(13)18/h2-3,5,8-10,14H,4,6-7,11,17H2,1H3. The zero-order valence-corrected chi connectivity index (χ0v) is 11.3. The van der Waals surface area contributed by atoms with E-state index in [0.717, 1.165) is 25.1 Å². The van der Waals surface area contributed by atoms with Crippen molar-refractivity contribution in [3.8, 4) is 5.75 Å². The molecular formula is C16H20N2O. The maximum absolute atomic E-state index is 6.17. The molecule has 0 spiro atoms. The first-order valence-corrected chi connectivity index (χ1v) is 6.85. The zero-order valence-electron chi connectivity index (χ0n) is 11.3. The lowest BCUT2D eigenvalue weighted by atomic mass is 9.93. The summed E-state index contributed by atoms with van der Waals surface area (Å²) in [4.78, 5) is 0. The Morgan fingerprint density at radius 2 is 2.16 bits per heavy atom. The van der Waals surface area contributed by atoms with E-state index in [4.69, 9.17) is 10.5 Å². The van der Waals surface area contributed by atoms with Gasteiger partial charge in [-0.05, 0) is 37.0 Å². The van der Waals surface area contributed by atoms with Gasteiger partial charge in [-0.3, -0.25) is 0 Å². The first-order valence-electron chi connectivity index (χ1n) is 6.85. The van der Waals surface area contributed by atoms with Crippen LogP contribution in [-0.4, -0.2) is 11.7 Å². The van der Waals surface area contributed by atoms with E-state index in [0.29, 0.717) is 0 Å². The number of hydrogen-bond acceptors (Lipinski definition) is 2. The summed E-state index contributed by atoms with van der Waals surface area (Å²) in [7, 11) is 1.72. The van der Waals surface area contributed by atoms with Gasteiger partial charge in [0.1, 0.15) is 5.75 Å². The van der Waals surface area contributed by atoms with Crippen molar-refractivity contribution in [3.05, 3.63) is 53.3 Å². The lowest BCUT2D eigenvalue weighted by molar-refractivity contribution is 0.408. The summed E-state index contributed by atoms with van der Waals surface area (Å²) in [5, 5.41) is 0. The minimum Gasteiger partial charge on any atom is -0.496 e. The van der Waals surface area contributed by atoms with Gasteiger partial charge in [0, 0.05) is 23.5 Å². The van der Waals surface area contributed by atoms with Gasteiger partial charge in [-0.2, -0.15) is 0 Å². The van der Waals surface area contributed by atoms with Gasteiger partial charge in [-0.15, -0.1) is 0 Å². The highest BCUT2D eigenvalue weighted by molar-refractivity contribution is 5.35. The van der Waals surface area contributed by atoms with Crippen LogP contribution in [0, 0.1) is 0 Å². The molecule has 1 heterocycles. The molecule has 1 aromatic heterocycles. The molecule has 1 aliphatic carbocycles.